The zero-order valence-corrected chi connectivity index (χ0v) is 20.6. The number of benzene rings is 2. The van der Waals surface area contributed by atoms with E-state index in [1.165, 1.54) is 6.07 Å². The summed E-state index contributed by atoms with van der Waals surface area (Å²) < 4.78 is 34.2. The minimum absolute atomic E-state index is 0.00521. The van der Waals surface area contributed by atoms with Gasteiger partial charge >= 0.3 is 5.97 Å². The molecule has 4 aromatic rings. The van der Waals surface area contributed by atoms with Crippen LogP contribution >= 0.6 is 0 Å². The minimum atomic E-state index is -0.929. The number of carbonyl (C=O) groups is 2. The Kier molecular flexibility index (Phi) is 7.58. The van der Waals surface area contributed by atoms with Crippen molar-refractivity contribution in [3.8, 4) is 0 Å². The molecule has 0 spiro atoms. The van der Waals surface area contributed by atoms with E-state index in [1.54, 1.807) is 31.3 Å². The zero-order valence-electron chi connectivity index (χ0n) is 20.6. The molecule has 0 N–H and O–H groups in total. The van der Waals surface area contributed by atoms with Crippen LogP contribution in [-0.4, -0.2) is 27.9 Å². The predicted molar refractivity (Wildman–Crippen MR) is 134 cm³/mol. The van der Waals surface area contributed by atoms with Crippen LogP contribution in [0.2, 0.25) is 0 Å². The normalized spacial score (nSPS) is 11.3. The molecule has 0 atom stereocenters. The van der Waals surface area contributed by atoms with Crippen molar-refractivity contribution in [1.29, 1.82) is 0 Å². The van der Waals surface area contributed by atoms with Crippen molar-refractivity contribution in [3.63, 3.8) is 0 Å². The standard InChI is InChI=1S/C29H28F2N2O3/c1-4-36-29(35)20-10-11-22-25(16-20)33(17-21-7-5-6-14-32-21)28(18(2)3)27(22)26(34)13-9-19-8-12-23(30)24(31)15-19/h5-8,10-12,14-16,18H,4,9,13,17H2,1-3H3. The number of ketones is 1. The molecular weight excluding hydrogens is 462 g/mol. The number of hydrogen-bond donors (Lipinski definition) is 0. The van der Waals surface area contributed by atoms with Crippen LogP contribution in [0, 0.1) is 11.6 Å². The Hall–Kier alpha value is -3.87. The van der Waals surface area contributed by atoms with Gasteiger partial charge in [0.05, 0.1) is 29.9 Å². The van der Waals surface area contributed by atoms with Crippen LogP contribution in [0.15, 0.2) is 60.8 Å². The Morgan fingerprint density at radius 2 is 1.83 bits per heavy atom. The third-order valence-electron chi connectivity index (χ3n) is 6.11. The number of Topliss-reactive ketones (excluding diaryl/α,β-unsaturated/α-hetero) is 1. The smallest absolute Gasteiger partial charge is 0.338 e. The molecule has 0 aliphatic carbocycles. The Labute approximate surface area is 208 Å². The van der Waals surface area contributed by atoms with Crippen LogP contribution in [0.1, 0.15) is 70.8 Å². The van der Waals surface area contributed by atoms with Crippen molar-refractivity contribution < 1.29 is 23.1 Å². The average molecular weight is 491 g/mol. The number of ether oxygens (including phenoxy) is 1. The fraction of sp³-hybridized carbons (Fsp3) is 0.276. The molecule has 0 radical (unpaired) electrons. The number of halogens is 2. The number of aromatic nitrogens is 2. The van der Waals surface area contributed by atoms with Gasteiger partial charge in [0.2, 0.25) is 0 Å². The second kappa shape index (κ2) is 10.8. The first kappa shape index (κ1) is 25.2. The van der Waals surface area contributed by atoms with Crippen LogP contribution in [0.25, 0.3) is 10.9 Å². The van der Waals surface area contributed by atoms with Gasteiger partial charge in [0.1, 0.15) is 0 Å². The molecule has 2 aromatic heterocycles. The van der Waals surface area contributed by atoms with Gasteiger partial charge in [-0.15, -0.1) is 0 Å². The number of pyridine rings is 1. The fourth-order valence-electron chi connectivity index (χ4n) is 4.51. The van der Waals surface area contributed by atoms with Crippen LogP contribution in [0.3, 0.4) is 0 Å². The van der Waals surface area contributed by atoms with Crippen molar-refractivity contribution in [3.05, 3.63) is 101 Å². The quantitative estimate of drug-likeness (QED) is 0.199. The van der Waals surface area contributed by atoms with Gasteiger partial charge in [0.15, 0.2) is 17.4 Å². The highest BCUT2D eigenvalue weighted by molar-refractivity contribution is 6.11. The molecule has 0 unspecified atom stereocenters. The lowest BCUT2D eigenvalue weighted by atomic mass is 9.96. The first-order valence-corrected chi connectivity index (χ1v) is 12.0. The molecule has 7 heteroatoms. The van der Waals surface area contributed by atoms with E-state index in [4.69, 9.17) is 4.74 Å². The lowest BCUT2D eigenvalue weighted by Crippen LogP contribution is -2.11. The average Bonchev–Trinajstić information content (AvgIpc) is 3.19. The predicted octanol–water partition coefficient (Wildman–Crippen LogP) is 6.48. The largest absolute Gasteiger partial charge is 0.462 e. The Bertz CT molecular complexity index is 1410. The van der Waals surface area contributed by atoms with E-state index < -0.39 is 17.6 Å². The molecule has 2 aromatic carbocycles. The van der Waals surface area contributed by atoms with Gasteiger partial charge < -0.3 is 9.30 Å². The summed E-state index contributed by atoms with van der Waals surface area (Å²) in [7, 11) is 0. The summed E-state index contributed by atoms with van der Waals surface area (Å²) in [5.74, 6) is -2.38. The second-order valence-corrected chi connectivity index (χ2v) is 8.95. The molecule has 0 aliphatic rings. The van der Waals surface area contributed by atoms with Crippen molar-refractivity contribution in [1.82, 2.24) is 9.55 Å². The number of carbonyl (C=O) groups excluding carboxylic acids is 2. The topological polar surface area (TPSA) is 61.2 Å². The number of esters is 1. The molecule has 0 amide bonds. The van der Waals surface area contributed by atoms with Crippen LogP contribution < -0.4 is 0 Å². The molecule has 0 aliphatic heterocycles. The van der Waals surface area contributed by atoms with Crippen molar-refractivity contribution >= 4 is 22.7 Å². The molecule has 36 heavy (non-hydrogen) atoms. The van der Waals surface area contributed by atoms with Gasteiger partial charge in [-0.25, -0.2) is 13.6 Å². The number of nitrogens with zero attached hydrogens (tertiary/aromatic N) is 2. The summed E-state index contributed by atoms with van der Waals surface area (Å²) in [5, 5.41) is 0.734. The summed E-state index contributed by atoms with van der Waals surface area (Å²) in [6.45, 7) is 6.47. The van der Waals surface area contributed by atoms with Crippen LogP contribution in [0.4, 0.5) is 8.78 Å². The van der Waals surface area contributed by atoms with Crippen molar-refractivity contribution in [2.75, 3.05) is 6.61 Å². The molecule has 186 valence electrons. The Morgan fingerprint density at radius 1 is 1.03 bits per heavy atom. The number of hydrogen-bond acceptors (Lipinski definition) is 4. The van der Waals surface area contributed by atoms with Gasteiger partial charge in [0, 0.05) is 29.3 Å². The third kappa shape index (κ3) is 5.20. The summed E-state index contributed by atoms with van der Waals surface area (Å²) in [5.41, 5.74) is 3.93. The van der Waals surface area contributed by atoms with Crippen molar-refractivity contribution in [2.24, 2.45) is 0 Å². The van der Waals surface area contributed by atoms with E-state index in [2.05, 4.69) is 4.98 Å². The highest BCUT2D eigenvalue weighted by Gasteiger charge is 2.25. The molecule has 0 saturated carbocycles. The summed E-state index contributed by atoms with van der Waals surface area (Å²) in [6.07, 6.45) is 2.13. The summed E-state index contributed by atoms with van der Waals surface area (Å²) in [6, 6.07) is 14.6. The van der Waals surface area contributed by atoms with Gasteiger partial charge in [0.25, 0.3) is 0 Å². The van der Waals surface area contributed by atoms with E-state index in [0.29, 0.717) is 23.2 Å². The SMILES string of the molecule is CCOC(=O)c1ccc2c(C(=O)CCc3ccc(F)c(F)c3)c(C(C)C)n(Cc3ccccn3)c2c1. The van der Waals surface area contributed by atoms with Gasteiger partial charge in [-0.1, -0.05) is 32.0 Å². The number of rotatable bonds is 9. The second-order valence-electron chi connectivity index (χ2n) is 8.95. The molecule has 2 heterocycles. The molecule has 0 bridgehead atoms. The first-order chi connectivity index (χ1) is 17.3. The number of aryl methyl sites for hydroxylation is 1. The van der Waals surface area contributed by atoms with Crippen LogP contribution in [0.5, 0.6) is 0 Å². The zero-order chi connectivity index (χ0) is 25.8. The molecular formula is C29H28F2N2O3. The Balaban J connectivity index is 1.81. The van der Waals surface area contributed by atoms with Crippen LogP contribution in [-0.2, 0) is 17.7 Å². The fourth-order valence-corrected chi connectivity index (χ4v) is 4.51. The molecule has 0 fully saturated rings. The third-order valence-corrected chi connectivity index (χ3v) is 6.11. The Morgan fingerprint density at radius 3 is 2.50 bits per heavy atom. The van der Waals surface area contributed by atoms with Gasteiger partial charge in [-0.05, 0) is 61.2 Å². The minimum Gasteiger partial charge on any atom is -0.462 e. The highest BCUT2D eigenvalue weighted by atomic mass is 19.2. The summed E-state index contributed by atoms with van der Waals surface area (Å²) in [4.78, 5) is 30.5. The van der Waals surface area contributed by atoms with E-state index in [-0.39, 0.29) is 31.1 Å². The van der Waals surface area contributed by atoms with E-state index >= 15 is 0 Å². The molecule has 5 nitrogen and oxygen atoms in total. The lowest BCUT2D eigenvalue weighted by molar-refractivity contribution is 0.0526. The van der Waals surface area contributed by atoms with Crippen molar-refractivity contribution in [2.45, 2.75) is 46.1 Å². The maximum atomic E-state index is 13.7. The van der Waals surface area contributed by atoms with Gasteiger partial charge in [-0.2, -0.15) is 0 Å². The summed E-state index contributed by atoms with van der Waals surface area (Å²) >= 11 is 0. The monoisotopic (exact) mass is 490 g/mol. The van der Waals surface area contributed by atoms with E-state index in [0.717, 1.165) is 34.4 Å². The molecule has 4 rings (SSSR count). The molecule has 0 saturated heterocycles. The van der Waals surface area contributed by atoms with E-state index in [9.17, 15) is 18.4 Å². The lowest BCUT2D eigenvalue weighted by Gasteiger charge is -2.15. The maximum Gasteiger partial charge on any atom is 0.338 e. The highest BCUT2D eigenvalue weighted by Crippen LogP contribution is 2.34. The van der Waals surface area contributed by atoms with Gasteiger partial charge in [-0.3, -0.25) is 9.78 Å². The first-order valence-electron chi connectivity index (χ1n) is 12.0. The maximum absolute atomic E-state index is 13.7. The number of fused-ring (bicyclic) bond motifs is 1. The van der Waals surface area contributed by atoms with E-state index in [1.807, 2.05) is 36.6 Å².